The number of benzene rings is 1. The van der Waals surface area contributed by atoms with E-state index in [0.717, 1.165) is 36.6 Å². The minimum absolute atomic E-state index is 0.174. The summed E-state index contributed by atoms with van der Waals surface area (Å²) in [5, 5.41) is 8.59. The van der Waals surface area contributed by atoms with Crippen LogP contribution in [-0.4, -0.2) is 34.8 Å². The van der Waals surface area contributed by atoms with Crippen molar-refractivity contribution >= 4 is 34.5 Å². The zero-order chi connectivity index (χ0) is 18.6. The van der Waals surface area contributed by atoms with Crippen LogP contribution >= 0.6 is 22.7 Å². The van der Waals surface area contributed by atoms with Gasteiger partial charge < -0.3 is 5.32 Å². The quantitative estimate of drug-likeness (QED) is 0.460. The average molecular weight is 398 g/mol. The number of rotatable bonds is 8. The Labute approximate surface area is 165 Å². The molecule has 1 aliphatic rings. The lowest BCUT2D eigenvalue weighted by molar-refractivity contribution is 0.0651. The summed E-state index contributed by atoms with van der Waals surface area (Å²) in [6, 6.07) is 11.1. The van der Waals surface area contributed by atoms with Gasteiger partial charge in [0, 0.05) is 18.5 Å². The number of nitrogens with zero attached hydrogens (tertiary/aromatic N) is 2. The molecule has 4 rings (SSSR count). The highest BCUT2D eigenvalue weighted by atomic mass is 32.1. The van der Waals surface area contributed by atoms with Crippen molar-refractivity contribution in [2.24, 2.45) is 0 Å². The van der Waals surface area contributed by atoms with E-state index in [1.54, 1.807) is 46.9 Å². The van der Waals surface area contributed by atoms with Crippen LogP contribution in [0.2, 0.25) is 0 Å². The molecule has 0 saturated carbocycles. The maximum absolute atomic E-state index is 12.3. The van der Waals surface area contributed by atoms with Crippen molar-refractivity contribution in [2.45, 2.75) is 19.4 Å². The summed E-state index contributed by atoms with van der Waals surface area (Å²) in [5.41, 5.74) is 2.08. The molecule has 1 aromatic carbocycles. The highest BCUT2D eigenvalue weighted by Crippen LogP contribution is 2.27. The number of amides is 2. The van der Waals surface area contributed by atoms with Gasteiger partial charge in [-0.1, -0.05) is 18.2 Å². The lowest BCUT2D eigenvalue weighted by Gasteiger charge is -2.13. The fourth-order valence-electron chi connectivity index (χ4n) is 3.08. The van der Waals surface area contributed by atoms with Crippen LogP contribution in [0.25, 0.3) is 9.88 Å². The van der Waals surface area contributed by atoms with Crippen LogP contribution in [-0.2, 0) is 6.54 Å². The second-order valence-corrected chi connectivity index (χ2v) is 8.12. The molecule has 1 N–H and O–H groups in total. The number of carbonyl (C=O) groups is 2. The van der Waals surface area contributed by atoms with Gasteiger partial charge >= 0.3 is 0 Å². The van der Waals surface area contributed by atoms with Crippen molar-refractivity contribution < 1.29 is 9.59 Å². The molecule has 0 atom stereocenters. The minimum Gasteiger partial charge on any atom is -0.311 e. The van der Waals surface area contributed by atoms with Gasteiger partial charge in [-0.2, -0.15) is 0 Å². The first-order valence-electron chi connectivity index (χ1n) is 8.88. The van der Waals surface area contributed by atoms with Crippen LogP contribution in [0.3, 0.4) is 0 Å². The van der Waals surface area contributed by atoms with E-state index in [-0.39, 0.29) is 11.8 Å². The molecule has 0 spiro atoms. The zero-order valence-corrected chi connectivity index (χ0v) is 16.3. The van der Waals surface area contributed by atoms with E-state index in [1.165, 1.54) is 9.78 Å². The molecule has 3 aromatic rings. The van der Waals surface area contributed by atoms with Gasteiger partial charge in [-0.25, -0.2) is 4.98 Å². The molecule has 0 unspecified atom stereocenters. The Balaban J connectivity index is 1.18. The molecule has 0 aliphatic carbocycles. The highest BCUT2D eigenvalue weighted by molar-refractivity contribution is 7.20. The van der Waals surface area contributed by atoms with E-state index in [9.17, 15) is 9.59 Å². The molecule has 0 saturated heterocycles. The van der Waals surface area contributed by atoms with Gasteiger partial charge in [0.2, 0.25) is 0 Å². The monoisotopic (exact) mass is 397 g/mol. The lowest BCUT2D eigenvalue weighted by atomic mass is 10.1. The van der Waals surface area contributed by atoms with Crippen molar-refractivity contribution in [1.29, 1.82) is 0 Å². The largest absolute Gasteiger partial charge is 0.311 e. The number of hydrogen-bond acceptors (Lipinski definition) is 6. The number of imide groups is 1. The fraction of sp³-hybridized carbons (Fsp3) is 0.250. The molecule has 3 heterocycles. The number of thiazole rings is 1. The average Bonchev–Trinajstić information content (AvgIpc) is 3.41. The van der Waals surface area contributed by atoms with Gasteiger partial charge in [0.05, 0.1) is 21.7 Å². The van der Waals surface area contributed by atoms with Gasteiger partial charge in [-0.3, -0.25) is 14.5 Å². The molecule has 7 heteroatoms. The Morgan fingerprint density at radius 1 is 0.963 bits per heavy atom. The topological polar surface area (TPSA) is 62.3 Å². The lowest BCUT2D eigenvalue weighted by Crippen LogP contribution is -2.31. The van der Waals surface area contributed by atoms with Crippen LogP contribution in [0.15, 0.2) is 47.2 Å². The van der Waals surface area contributed by atoms with Gasteiger partial charge in [-0.15, -0.1) is 22.7 Å². The molecule has 0 fully saturated rings. The minimum atomic E-state index is -0.174. The predicted octanol–water partition coefficient (Wildman–Crippen LogP) is 4.04. The molecule has 1 aliphatic heterocycles. The zero-order valence-electron chi connectivity index (χ0n) is 14.7. The first kappa shape index (κ1) is 18.0. The SMILES string of the molecule is O=C1c2ccccc2C(=O)N1CCCCNCc1csc(-c2cccs2)n1. The number of nitrogens with one attached hydrogen (secondary N) is 1. The van der Waals surface area contributed by atoms with Crippen LogP contribution < -0.4 is 5.32 Å². The summed E-state index contributed by atoms with van der Waals surface area (Å²) in [4.78, 5) is 31.8. The number of hydrogen-bond donors (Lipinski definition) is 1. The molecule has 2 aromatic heterocycles. The van der Waals surface area contributed by atoms with Crippen LogP contribution in [0.4, 0.5) is 0 Å². The summed E-state index contributed by atoms with van der Waals surface area (Å²) in [6.45, 7) is 2.02. The highest BCUT2D eigenvalue weighted by Gasteiger charge is 2.34. The smallest absolute Gasteiger partial charge is 0.261 e. The fourth-order valence-corrected chi connectivity index (χ4v) is 4.71. The van der Waals surface area contributed by atoms with E-state index in [4.69, 9.17) is 0 Å². The molecule has 2 amide bonds. The Morgan fingerprint density at radius 2 is 1.74 bits per heavy atom. The van der Waals surface area contributed by atoms with Crippen LogP contribution in [0.5, 0.6) is 0 Å². The second-order valence-electron chi connectivity index (χ2n) is 6.31. The third kappa shape index (κ3) is 3.85. The Bertz CT molecular complexity index is 915. The number of fused-ring (bicyclic) bond motifs is 1. The number of unbranched alkanes of at least 4 members (excludes halogenated alkanes) is 1. The van der Waals surface area contributed by atoms with E-state index in [1.807, 2.05) is 6.07 Å². The first-order valence-corrected chi connectivity index (χ1v) is 10.6. The molecule has 138 valence electrons. The molecule has 0 radical (unpaired) electrons. The second kappa shape index (κ2) is 8.12. The van der Waals surface area contributed by atoms with Gasteiger partial charge in [0.1, 0.15) is 5.01 Å². The van der Waals surface area contributed by atoms with Crippen molar-refractivity contribution in [3.63, 3.8) is 0 Å². The summed E-state index contributed by atoms with van der Waals surface area (Å²) >= 11 is 3.36. The van der Waals surface area contributed by atoms with Crippen molar-refractivity contribution in [3.8, 4) is 9.88 Å². The molecule has 5 nitrogen and oxygen atoms in total. The molecule has 0 bridgehead atoms. The van der Waals surface area contributed by atoms with E-state index < -0.39 is 0 Å². The maximum Gasteiger partial charge on any atom is 0.261 e. The summed E-state index contributed by atoms with van der Waals surface area (Å²) < 4.78 is 0. The Kier molecular flexibility index (Phi) is 5.42. The summed E-state index contributed by atoms with van der Waals surface area (Å²) in [6.07, 6.45) is 1.69. The van der Waals surface area contributed by atoms with Gasteiger partial charge in [0.25, 0.3) is 11.8 Å². The standard InChI is InChI=1S/C20H19N3O2S2/c24-19-15-6-1-2-7-16(15)20(25)23(19)10-4-3-9-21-12-14-13-27-18(22-14)17-8-5-11-26-17/h1-2,5-8,11,13,21H,3-4,9-10,12H2. The predicted molar refractivity (Wildman–Crippen MR) is 108 cm³/mol. The molecular weight excluding hydrogens is 378 g/mol. The summed E-state index contributed by atoms with van der Waals surface area (Å²) in [5.74, 6) is -0.348. The van der Waals surface area contributed by atoms with E-state index >= 15 is 0 Å². The van der Waals surface area contributed by atoms with Crippen molar-refractivity contribution in [2.75, 3.05) is 13.1 Å². The first-order chi connectivity index (χ1) is 13.2. The van der Waals surface area contributed by atoms with Gasteiger partial charge in [0.15, 0.2) is 0 Å². The Morgan fingerprint density at radius 3 is 2.44 bits per heavy atom. The third-order valence-electron chi connectivity index (χ3n) is 4.45. The summed E-state index contributed by atoms with van der Waals surface area (Å²) in [7, 11) is 0. The van der Waals surface area contributed by atoms with Gasteiger partial charge in [-0.05, 0) is 43.0 Å². The number of carbonyl (C=O) groups excluding carboxylic acids is 2. The molecule has 27 heavy (non-hydrogen) atoms. The Hall–Kier alpha value is -2.35. The van der Waals surface area contributed by atoms with Crippen LogP contribution in [0.1, 0.15) is 39.3 Å². The molecular formula is C20H19N3O2S2. The maximum atomic E-state index is 12.3. The van der Waals surface area contributed by atoms with E-state index in [0.29, 0.717) is 17.7 Å². The number of aromatic nitrogens is 1. The third-order valence-corrected chi connectivity index (χ3v) is 6.38. The van der Waals surface area contributed by atoms with Crippen molar-refractivity contribution in [1.82, 2.24) is 15.2 Å². The normalized spacial score (nSPS) is 13.4. The van der Waals surface area contributed by atoms with Crippen molar-refractivity contribution in [3.05, 3.63) is 64.0 Å². The van der Waals surface area contributed by atoms with E-state index in [2.05, 4.69) is 27.1 Å². The van der Waals surface area contributed by atoms with Crippen LogP contribution in [0, 0.1) is 0 Å². The number of thiophene rings is 1.